The monoisotopic (exact) mass is 224 g/mol. The highest BCUT2D eigenvalue weighted by Crippen LogP contribution is 2.26. The van der Waals surface area contributed by atoms with Gasteiger partial charge in [-0.2, -0.15) is 0 Å². The minimum Gasteiger partial charge on any atom is -0.352 e. The summed E-state index contributed by atoms with van der Waals surface area (Å²) >= 11 is 0. The van der Waals surface area contributed by atoms with Crippen molar-refractivity contribution in [1.29, 1.82) is 0 Å². The third-order valence-electron chi connectivity index (χ3n) is 3.79. The Morgan fingerprint density at radius 2 is 1.94 bits per heavy atom. The topological polar surface area (TPSA) is 41.1 Å². The molecule has 3 heteroatoms. The van der Waals surface area contributed by atoms with Crippen molar-refractivity contribution in [2.75, 3.05) is 6.54 Å². The fourth-order valence-electron chi connectivity index (χ4n) is 2.45. The van der Waals surface area contributed by atoms with Gasteiger partial charge >= 0.3 is 0 Å². The molecule has 2 N–H and O–H groups in total. The van der Waals surface area contributed by atoms with E-state index in [9.17, 15) is 4.79 Å². The lowest BCUT2D eigenvalue weighted by Gasteiger charge is -2.15. The molecule has 0 radical (unpaired) electrons. The zero-order chi connectivity index (χ0) is 11.4. The number of nitrogens with one attached hydrogen (secondary N) is 2. The van der Waals surface area contributed by atoms with Gasteiger partial charge in [-0.1, -0.05) is 25.7 Å². The van der Waals surface area contributed by atoms with Crippen molar-refractivity contribution < 1.29 is 4.79 Å². The molecule has 2 fully saturated rings. The van der Waals surface area contributed by atoms with Crippen LogP contribution in [0.2, 0.25) is 0 Å². The zero-order valence-corrected chi connectivity index (χ0v) is 10.3. The molecule has 2 rings (SSSR count). The predicted octanol–water partition coefficient (Wildman–Crippen LogP) is 1.82. The zero-order valence-electron chi connectivity index (χ0n) is 10.3. The number of hydrogen-bond donors (Lipinski definition) is 2. The van der Waals surface area contributed by atoms with Gasteiger partial charge in [0.1, 0.15) is 0 Å². The Morgan fingerprint density at radius 1 is 1.25 bits per heavy atom. The molecular weight excluding hydrogens is 200 g/mol. The first-order valence-corrected chi connectivity index (χ1v) is 6.79. The summed E-state index contributed by atoms with van der Waals surface area (Å²) in [6.07, 6.45) is 9.17. The summed E-state index contributed by atoms with van der Waals surface area (Å²) < 4.78 is 0. The lowest BCUT2D eigenvalue weighted by atomic mass is 10.0. The predicted molar refractivity (Wildman–Crippen MR) is 65.2 cm³/mol. The van der Waals surface area contributed by atoms with Gasteiger partial charge in [0.05, 0.1) is 6.04 Å². The van der Waals surface area contributed by atoms with Crippen molar-refractivity contribution in [1.82, 2.24) is 10.6 Å². The van der Waals surface area contributed by atoms with E-state index in [1.54, 1.807) is 0 Å². The average molecular weight is 224 g/mol. The van der Waals surface area contributed by atoms with Crippen LogP contribution in [0.15, 0.2) is 0 Å². The molecule has 1 atom stereocenters. The Morgan fingerprint density at radius 3 is 2.56 bits per heavy atom. The van der Waals surface area contributed by atoms with Crippen LogP contribution in [0.25, 0.3) is 0 Å². The van der Waals surface area contributed by atoms with Crippen molar-refractivity contribution in [2.45, 2.75) is 64.0 Å². The van der Waals surface area contributed by atoms with Crippen LogP contribution >= 0.6 is 0 Å². The molecule has 0 saturated heterocycles. The molecule has 3 nitrogen and oxygen atoms in total. The summed E-state index contributed by atoms with van der Waals surface area (Å²) in [5.41, 5.74) is 0. The second-order valence-corrected chi connectivity index (χ2v) is 5.40. The van der Waals surface area contributed by atoms with Gasteiger partial charge in [-0.3, -0.25) is 4.79 Å². The molecule has 0 aromatic carbocycles. The lowest BCUT2D eigenvalue weighted by molar-refractivity contribution is -0.122. The van der Waals surface area contributed by atoms with Crippen molar-refractivity contribution in [3.63, 3.8) is 0 Å². The van der Waals surface area contributed by atoms with Crippen LogP contribution in [0.1, 0.15) is 51.9 Å². The van der Waals surface area contributed by atoms with Crippen LogP contribution in [0.5, 0.6) is 0 Å². The molecule has 0 heterocycles. The quantitative estimate of drug-likeness (QED) is 0.722. The van der Waals surface area contributed by atoms with E-state index >= 15 is 0 Å². The summed E-state index contributed by atoms with van der Waals surface area (Å²) in [5.74, 6) is 1.08. The molecule has 0 aliphatic heterocycles. The first-order valence-electron chi connectivity index (χ1n) is 6.79. The maximum Gasteiger partial charge on any atom is 0.237 e. The Balaban J connectivity index is 1.55. The van der Waals surface area contributed by atoms with Gasteiger partial charge in [-0.25, -0.2) is 0 Å². The number of rotatable bonds is 6. The minimum absolute atomic E-state index is 0.0259. The summed E-state index contributed by atoms with van der Waals surface area (Å²) in [4.78, 5) is 11.6. The van der Waals surface area contributed by atoms with Crippen molar-refractivity contribution >= 4 is 5.91 Å². The van der Waals surface area contributed by atoms with Gasteiger partial charge in [0.25, 0.3) is 0 Å². The largest absolute Gasteiger partial charge is 0.352 e. The molecule has 0 bridgehead atoms. The van der Waals surface area contributed by atoms with Crippen molar-refractivity contribution in [3.05, 3.63) is 0 Å². The fourth-order valence-corrected chi connectivity index (χ4v) is 2.45. The molecule has 2 saturated carbocycles. The highest BCUT2D eigenvalue weighted by molar-refractivity contribution is 5.81. The molecule has 0 aromatic heterocycles. The van der Waals surface area contributed by atoms with Crippen molar-refractivity contribution in [2.24, 2.45) is 5.92 Å². The van der Waals surface area contributed by atoms with E-state index in [2.05, 4.69) is 10.6 Å². The van der Waals surface area contributed by atoms with Crippen LogP contribution in [-0.2, 0) is 4.79 Å². The van der Waals surface area contributed by atoms with Gasteiger partial charge in [0.15, 0.2) is 0 Å². The maximum absolute atomic E-state index is 11.6. The van der Waals surface area contributed by atoms with Gasteiger partial charge < -0.3 is 10.6 Å². The summed E-state index contributed by atoms with van der Waals surface area (Å²) in [7, 11) is 0. The SMILES string of the molecule is CC(NCCC1CCCC1)C(=O)NC1CC1. The maximum atomic E-state index is 11.6. The molecule has 16 heavy (non-hydrogen) atoms. The number of amides is 1. The molecular formula is C13H24N2O. The van der Waals surface area contributed by atoms with Gasteiger partial charge in [-0.15, -0.1) is 0 Å². The molecule has 0 spiro atoms. The van der Waals surface area contributed by atoms with E-state index < -0.39 is 0 Å². The molecule has 0 aromatic rings. The van der Waals surface area contributed by atoms with Gasteiger partial charge in [0.2, 0.25) is 5.91 Å². The second kappa shape index (κ2) is 5.67. The standard InChI is InChI=1S/C13H24N2O/c1-10(13(16)15-12-6-7-12)14-9-8-11-4-2-3-5-11/h10-12,14H,2-9H2,1H3,(H,15,16). The fraction of sp³-hybridized carbons (Fsp3) is 0.923. The summed E-state index contributed by atoms with van der Waals surface area (Å²) in [5, 5.41) is 6.36. The smallest absolute Gasteiger partial charge is 0.237 e. The Hall–Kier alpha value is -0.570. The third kappa shape index (κ3) is 3.78. The highest BCUT2D eigenvalue weighted by atomic mass is 16.2. The van der Waals surface area contributed by atoms with E-state index in [0.717, 1.165) is 12.5 Å². The first kappa shape index (κ1) is 11.9. The Bertz CT molecular complexity index is 232. The van der Waals surface area contributed by atoms with Crippen LogP contribution in [0, 0.1) is 5.92 Å². The van der Waals surface area contributed by atoms with Crippen LogP contribution in [0.3, 0.4) is 0 Å². The number of carbonyl (C=O) groups excluding carboxylic acids is 1. The summed E-state index contributed by atoms with van der Waals surface area (Å²) in [6.45, 7) is 2.95. The van der Waals surface area contributed by atoms with E-state index in [1.807, 2.05) is 6.92 Å². The van der Waals surface area contributed by atoms with E-state index in [1.165, 1.54) is 44.9 Å². The third-order valence-corrected chi connectivity index (χ3v) is 3.79. The number of hydrogen-bond acceptors (Lipinski definition) is 2. The second-order valence-electron chi connectivity index (χ2n) is 5.40. The highest BCUT2D eigenvalue weighted by Gasteiger charge is 2.25. The Kier molecular flexibility index (Phi) is 4.22. The van der Waals surface area contributed by atoms with Crippen LogP contribution in [-0.4, -0.2) is 24.5 Å². The van der Waals surface area contributed by atoms with Gasteiger partial charge in [0, 0.05) is 6.04 Å². The first-order chi connectivity index (χ1) is 7.75. The van der Waals surface area contributed by atoms with Crippen LogP contribution < -0.4 is 10.6 Å². The molecule has 92 valence electrons. The Labute approximate surface area is 98.4 Å². The average Bonchev–Trinajstić information content (AvgIpc) is 2.93. The molecule has 2 aliphatic rings. The lowest BCUT2D eigenvalue weighted by Crippen LogP contribution is -2.43. The van der Waals surface area contributed by atoms with E-state index in [4.69, 9.17) is 0 Å². The molecule has 2 aliphatic carbocycles. The molecule has 1 amide bonds. The normalized spacial score (nSPS) is 23.3. The summed E-state index contributed by atoms with van der Waals surface area (Å²) in [6, 6.07) is 0.452. The van der Waals surface area contributed by atoms with E-state index in [-0.39, 0.29) is 11.9 Å². The number of carbonyl (C=O) groups is 1. The van der Waals surface area contributed by atoms with Gasteiger partial charge in [-0.05, 0) is 38.6 Å². The van der Waals surface area contributed by atoms with Crippen molar-refractivity contribution in [3.8, 4) is 0 Å². The van der Waals surface area contributed by atoms with Crippen LogP contribution in [0.4, 0.5) is 0 Å². The molecule has 1 unspecified atom stereocenters. The minimum atomic E-state index is -0.0259. The van der Waals surface area contributed by atoms with E-state index in [0.29, 0.717) is 6.04 Å².